The van der Waals surface area contributed by atoms with Crippen LogP contribution in [0.1, 0.15) is 36.4 Å². The molecule has 2 nitrogen and oxygen atoms in total. The Bertz CT molecular complexity index is 466. The number of benzene rings is 1. The molecule has 2 atom stereocenters. The van der Waals surface area contributed by atoms with Gasteiger partial charge in [0.05, 0.1) is 11.6 Å². The van der Waals surface area contributed by atoms with Crippen molar-refractivity contribution in [2.24, 2.45) is 5.73 Å². The maximum absolute atomic E-state index is 6.53. The van der Waals surface area contributed by atoms with Crippen LogP contribution in [0, 0.1) is 6.92 Å². The van der Waals surface area contributed by atoms with Gasteiger partial charge >= 0.3 is 0 Å². The number of nitrogens with two attached hydrogens (primary N) is 1. The van der Waals surface area contributed by atoms with Gasteiger partial charge in [-0.3, -0.25) is 0 Å². The molecule has 0 spiro atoms. The van der Waals surface area contributed by atoms with Gasteiger partial charge in [-0.25, -0.2) is 0 Å². The Hall–Kier alpha value is -1.28. The Balaban J connectivity index is 2.13. The molecule has 0 unspecified atom stereocenters. The molecule has 0 bridgehead atoms. The lowest BCUT2D eigenvalue weighted by molar-refractivity contribution is 0.377. The van der Waals surface area contributed by atoms with E-state index in [0.29, 0.717) is 0 Å². The van der Waals surface area contributed by atoms with E-state index in [1.54, 1.807) is 0 Å². The van der Waals surface area contributed by atoms with Crippen molar-refractivity contribution in [2.45, 2.75) is 37.8 Å². The molecule has 90 valence electrons. The lowest BCUT2D eigenvalue weighted by atomic mass is 9.84. The first kappa shape index (κ1) is 10.8. The summed E-state index contributed by atoms with van der Waals surface area (Å²) in [6.07, 6.45) is 5.45. The smallest absolute Gasteiger partial charge is 0.0630 e. The number of nitrogens with zero attached hydrogens (tertiary/aromatic N) is 1. The minimum absolute atomic E-state index is 0.109. The van der Waals surface area contributed by atoms with E-state index in [1.807, 2.05) is 6.08 Å². The number of hydrogen-bond donors (Lipinski definition) is 1. The maximum atomic E-state index is 6.53. The van der Waals surface area contributed by atoms with Crippen LogP contribution < -0.4 is 10.6 Å². The number of aryl methyl sites for hydroxylation is 1. The summed E-state index contributed by atoms with van der Waals surface area (Å²) in [5, 5.41) is 0. The quantitative estimate of drug-likeness (QED) is 0.789. The highest BCUT2D eigenvalue weighted by Crippen LogP contribution is 2.52. The van der Waals surface area contributed by atoms with Crippen molar-refractivity contribution >= 4 is 5.69 Å². The molecule has 0 saturated carbocycles. The lowest BCUT2D eigenvalue weighted by Gasteiger charge is -2.36. The highest BCUT2D eigenvalue weighted by atomic mass is 15.3. The average Bonchev–Trinajstić information content (AvgIpc) is 2.80. The van der Waals surface area contributed by atoms with Crippen molar-refractivity contribution < 1.29 is 0 Å². The Morgan fingerprint density at radius 1 is 1.59 bits per heavy atom. The monoisotopic (exact) mass is 228 g/mol. The highest BCUT2D eigenvalue weighted by molar-refractivity contribution is 5.66. The Morgan fingerprint density at radius 3 is 3.18 bits per heavy atom. The topological polar surface area (TPSA) is 29.3 Å². The van der Waals surface area contributed by atoms with Crippen LogP contribution in [0.3, 0.4) is 0 Å². The summed E-state index contributed by atoms with van der Waals surface area (Å²) in [6.45, 7) is 7.18. The van der Waals surface area contributed by atoms with Crippen LogP contribution in [0.25, 0.3) is 0 Å². The zero-order chi connectivity index (χ0) is 12.0. The Kier molecular flexibility index (Phi) is 2.30. The van der Waals surface area contributed by atoms with Gasteiger partial charge in [-0.2, -0.15) is 0 Å². The number of hydrogen-bond acceptors (Lipinski definition) is 2. The molecule has 0 aromatic heterocycles. The molecule has 17 heavy (non-hydrogen) atoms. The van der Waals surface area contributed by atoms with Gasteiger partial charge in [-0.05, 0) is 37.8 Å². The second-order valence-corrected chi connectivity index (χ2v) is 5.39. The van der Waals surface area contributed by atoms with Gasteiger partial charge in [0.2, 0.25) is 0 Å². The van der Waals surface area contributed by atoms with Crippen LogP contribution in [0.15, 0.2) is 30.9 Å². The summed E-state index contributed by atoms with van der Waals surface area (Å²) in [5.41, 5.74) is 10.6. The molecular formula is C15H20N2. The van der Waals surface area contributed by atoms with E-state index < -0.39 is 0 Å². The van der Waals surface area contributed by atoms with E-state index in [9.17, 15) is 0 Å². The molecule has 2 aliphatic heterocycles. The summed E-state index contributed by atoms with van der Waals surface area (Å²) < 4.78 is 0. The van der Waals surface area contributed by atoms with Crippen molar-refractivity contribution in [1.82, 2.24) is 0 Å². The third-order valence-electron chi connectivity index (χ3n) is 4.41. The van der Waals surface area contributed by atoms with Gasteiger partial charge in [0.15, 0.2) is 0 Å². The predicted octanol–water partition coefficient (Wildman–Crippen LogP) is 2.92. The molecule has 1 aromatic carbocycles. The standard InChI is InChI=1S/C15H20N2/c1-3-7-15-8-4-9-17(15)13-6-5-11(2)10-12(13)14(15)16/h3,5-6,10,14H,1,4,7-9,16H2,2H3/t14-,15+/m1/s1. The third-order valence-corrected chi connectivity index (χ3v) is 4.41. The van der Waals surface area contributed by atoms with Crippen molar-refractivity contribution in [2.75, 3.05) is 11.4 Å². The zero-order valence-corrected chi connectivity index (χ0v) is 10.4. The van der Waals surface area contributed by atoms with Gasteiger partial charge in [-0.15, -0.1) is 6.58 Å². The van der Waals surface area contributed by atoms with Crippen LogP contribution in [0.4, 0.5) is 5.69 Å². The van der Waals surface area contributed by atoms with E-state index in [-0.39, 0.29) is 11.6 Å². The van der Waals surface area contributed by atoms with Crippen LogP contribution in [-0.4, -0.2) is 12.1 Å². The van der Waals surface area contributed by atoms with Crippen molar-refractivity contribution in [3.63, 3.8) is 0 Å². The molecule has 3 rings (SSSR count). The Morgan fingerprint density at radius 2 is 2.41 bits per heavy atom. The molecule has 0 aliphatic carbocycles. The first-order valence-corrected chi connectivity index (χ1v) is 6.44. The van der Waals surface area contributed by atoms with E-state index in [0.717, 1.165) is 13.0 Å². The van der Waals surface area contributed by atoms with Crippen molar-refractivity contribution in [3.8, 4) is 0 Å². The van der Waals surface area contributed by atoms with Gasteiger partial charge in [0, 0.05) is 12.2 Å². The third kappa shape index (κ3) is 1.31. The molecule has 0 radical (unpaired) electrons. The normalized spacial score (nSPS) is 30.2. The van der Waals surface area contributed by atoms with E-state index >= 15 is 0 Å². The van der Waals surface area contributed by atoms with Crippen LogP contribution in [0.5, 0.6) is 0 Å². The summed E-state index contributed by atoms with van der Waals surface area (Å²) in [6, 6.07) is 6.82. The van der Waals surface area contributed by atoms with Crippen molar-refractivity contribution in [3.05, 3.63) is 42.0 Å². The predicted molar refractivity (Wildman–Crippen MR) is 72.2 cm³/mol. The SMILES string of the molecule is C=CC[C@@]12CCCN1c1ccc(C)cc1[C@H]2N. The van der Waals surface area contributed by atoms with Gasteiger partial charge in [-0.1, -0.05) is 23.8 Å². The molecule has 1 aromatic rings. The molecule has 2 heterocycles. The fraction of sp³-hybridized carbons (Fsp3) is 0.467. The van der Waals surface area contributed by atoms with Crippen LogP contribution >= 0.6 is 0 Å². The molecule has 2 heteroatoms. The largest absolute Gasteiger partial charge is 0.363 e. The number of fused-ring (bicyclic) bond motifs is 3. The molecule has 1 fully saturated rings. The summed E-state index contributed by atoms with van der Waals surface area (Å²) >= 11 is 0. The Labute approximate surface area is 103 Å². The minimum atomic E-state index is 0.109. The molecular weight excluding hydrogens is 208 g/mol. The van der Waals surface area contributed by atoms with Crippen molar-refractivity contribution in [1.29, 1.82) is 0 Å². The van der Waals surface area contributed by atoms with E-state index in [2.05, 4.69) is 36.6 Å². The van der Waals surface area contributed by atoms with Gasteiger partial charge in [0.1, 0.15) is 0 Å². The second kappa shape index (κ2) is 3.61. The summed E-state index contributed by atoms with van der Waals surface area (Å²) in [7, 11) is 0. The highest BCUT2D eigenvalue weighted by Gasteiger charge is 2.51. The van der Waals surface area contributed by atoms with E-state index in [1.165, 1.54) is 29.7 Å². The first-order valence-electron chi connectivity index (χ1n) is 6.44. The average molecular weight is 228 g/mol. The summed E-state index contributed by atoms with van der Waals surface area (Å²) in [5.74, 6) is 0. The molecule has 2 aliphatic rings. The second-order valence-electron chi connectivity index (χ2n) is 5.39. The maximum Gasteiger partial charge on any atom is 0.0630 e. The molecule has 2 N–H and O–H groups in total. The molecule has 1 saturated heterocycles. The van der Waals surface area contributed by atoms with Gasteiger partial charge in [0.25, 0.3) is 0 Å². The van der Waals surface area contributed by atoms with E-state index in [4.69, 9.17) is 5.73 Å². The van der Waals surface area contributed by atoms with Gasteiger partial charge < -0.3 is 10.6 Å². The van der Waals surface area contributed by atoms with Crippen LogP contribution in [0.2, 0.25) is 0 Å². The fourth-order valence-electron chi connectivity index (χ4n) is 3.63. The zero-order valence-electron chi connectivity index (χ0n) is 10.4. The first-order chi connectivity index (χ1) is 8.19. The minimum Gasteiger partial charge on any atom is -0.363 e. The van der Waals surface area contributed by atoms with Crippen LogP contribution in [-0.2, 0) is 0 Å². The number of rotatable bonds is 2. The number of anilines is 1. The molecule has 0 amide bonds. The summed E-state index contributed by atoms with van der Waals surface area (Å²) in [4.78, 5) is 2.52. The fourth-order valence-corrected chi connectivity index (χ4v) is 3.63. The lowest BCUT2D eigenvalue weighted by Crippen LogP contribution is -2.46.